The number of nitro benzene ring substituents is 1. The van der Waals surface area contributed by atoms with Gasteiger partial charge >= 0.3 is 0 Å². The fraction of sp³-hybridized carbons (Fsp3) is 0.571. The zero-order chi connectivity index (χ0) is 14.7. The van der Waals surface area contributed by atoms with Gasteiger partial charge < -0.3 is 10.2 Å². The predicted octanol–water partition coefficient (Wildman–Crippen LogP) is 3.64. The highest BCUT2D eigenvalue weighted by Gasteiger charge is 2.21. The van der Waals surface area contributed by atoms with Crippen LogP contribution in [0.3, 0.4) is 0 Å². The van der Waals surface area contributed by atoms with E-state index in [0.717, 1.165) is 36.1 Å². The van der Waals surface area contributed by atoms with Crippen LogP contribution >= 0.6 is 15.9 Å². The third kappa shape index (κ3) is 3.70. The first-order valence-electron chi connectivity index (χ1n) is 6.92. The van der Waals surface area contributed by atoms with E-state index in [4.69, 9.17) is 0 Å². The summed E-state index contributed by atoms with van der Waals surface area (Å²) in [5.74, 6) is 0. The van der Waals surface area contributed by atoms with Crippen LogP contribution < -0.4 is 5.32 Å². The second kappa shape index (κ2) is 6.54. The molecule has 0 aliphatic carbocycles. The molecule has 1 aromatic carbocycles. The molecule has 5 nitrogen and oxygen atoms in total. The summed E-state index contributed by atoms with van der Waals surface area (Å²) in [6, 6.07) is 5.89. The van der Waals surface area contributed by atoms with Crippen molar-refractivity contribution in [3.63, 3.8) is 0 Å². The van der Waals surface area contributed by atoms with Crippen LogP contribution in [0, 0.1) is 10.1 Å². The van der Waals surface area contributed by atoms with Gasteiger partial charge in [-0.15, -0.1) is 0 Å². The summed E-state index contributed by atoms with van der Waals surface area (Å²) < 4.78 is 0.748. The minimum Gasteiger partial charge on any atom is -0.381 e. The zero-order valence-electron chi connectivity index (χ0n) is 11.8. The molecule has 1 aliphatic rings. The summed E-state index contributed by atoms with van der Waals surface area (Å²) in [4.78, 5) is 12.8. The van der Waals surface area contributed by atoms with Crippen LogP contribution in [0.2, 0.25) is 0 Å². The van der Waals surface area contributed by atoms with Crippen molar-refractivity contribution >= 4 is 27.3 Å². The Morgan fingerprint density at radius 3 is 2.55 bits per heavy atom. The molecule has 110 valence electrons. The van der Waals surface area contributed by atoms with Crippen molar-refractivity contribution in [3.8, 4) is 0 Å². The molecule has 0 atom stereocenters. The van der Waals surface area contributed by atoms with E-state index < -0.39 is 0 Å². The number of nitrogens with one attached hydrogen (secondary N) is 1. The topological polar surface area (TPSA) is 58.4 Å². The first-order valence-corrected chi connectivity index (χ1v) is 7.71. The lowest BCUT2D eigenvalue weighted by Gasteiger charge is -2.35. The largest absolute Gasteiger partial charge is 0.381 e. The van der Waals surface area contributed by atoms with Crippen LogP contribution in [0.1, 0.15) is 26.7 Å². The fourth-order valence-corrected chi connectivity index (χ4v) is 3.00. The van der Waals surface area contributed by atoms with Gasteiger partial charge in [0, 0.05) is 47.5 Å². The maximum atomic E-state index is 10.7. The van der Waals surface area contributed by atoms with Gasteiger partial charge in [-0.1, -0.05) is 0 Å². The number of benzene rings is 1. The van der Waals surface area contributed by atoms with Gasteiger partial charge in [-0.2, -0.15) is 0 Å². The monoisotopic (exact) mass is 341 g/mol. The molecule has 0 radical (unpaired) electrons. The summed E-state index contributed by atoms with van der Waals surface area (Å²) in [5, 5.41) is 14.2. The zero-order valence-corrected chi connectivity index (χ0v) is 13.4. The molecule has 1 aromatic rings. The number of hydrogen-bond acceptors (Lipinski definition) is 4. The van der Waals surface area contributed by atoms with Crippen LogP contribution in [0.5, 0.6) is 0 Å². The molecule has 1 saturated heterocycles. The Morgan fingerprint density at radius 2 is 2.05 bits per heavy atom. The maximum Gasteiger partial charge on any atom is 0.270 e. The highest BCUT2D eigenvalue weighted by molar-refractivity contribution is 9.10. The standard InChI is InChI=1S/C14H20BrN3O2/c1-10(2)17-7-5-11(6-8-17)16-14-4-3-12(18(19)20)9-13(14)15/h3-4,9-11,16H,5-8H2,1-2H3. The Bertz CT molecular complexity index is 485. The van der Waals surface area contributed by atoms with E-state index in [0.29, 0.717) is 12.1 Å². The number of likely N-dealkylation sites (tertiary alicyclic amines) is 1. The average Bonchev–Trinajstić information content (AvgIpc) is 2.41. The van der Waals surface area contributed by atoms with Gasteiger partial charge in [0.15, 0.2) is 0 Å². The lowest BCUT2D eigenvalue weighted by atomic mass is 10.0. The van der Waals surface area contributed by atoms with E-state index in [9.17, 15) is 10.1 Å². The van der Waals surface area contributed by atoms with E-state index >= 15 is 0 Å². The minimum absolute atomic E-state index is 0.108. The number of nitro groups is 1. The third-order valence-corrected chi connectivity index (χ3v) is 4.44. The molecule has 1 heterocycles. The van der Waals surface area contributed by atoms with Gasteiger partial charge in [-0.3, -0.25) is 10.1 Å². The molecule has 20 heavy (non-hydrogen) atoms. The van der Waals surface area contributed by atoms with E-state index in [1.165, 1.54) is 6.07 Å². The number of rotatable bonds is 4. The van der Waals surface area contributed by atoms with Crippen LogP contribution in [0.4, 0.5) is 11.4 Å². The number of hydrogen-bond donors (Lipinski definition) is 1. The SMILES string of the molecule is CC(C)N1CCC(Nc2ccc([N+](=O)[O-])cc2Br)CC1. The second-order valence-electron chi connectivity index (χ2n) is 5.47. The average molecular weight is 342 g/mol. The molecule has 0 unspecified atom stereocenters. The van der Waals surface area contributed by atoms with Crippen molar-refractivity contribution in [1.82, 2.24) is 4.90 Å². The molecule has 1 N–H and O–H groups in total. The van der Waals surface area contributed by atoms with E-state index in [-0.39, 0.29) is 10.6 Å². The fourth-order valence-electron chi connectivity index (χ4n) is 2.51. The Hall–Kier alpha value is -1.14. The van der Waals surface area contributed by atoms with Gasteiger partial charge in [0.25, 0.3) is 5.69 Å². The van der Waals surface area contributed by atoms with Gasteiger partial charge in [0.1, 0.15) is 0 Å². The summed E-state index contributed by atoms with van der Waals surface area (Å²) >= 11 is 3.40. The summed E-state index contributed by atoms with van der Waals surface area (Å²) in [6.45, 7) is 6.64. The molecule has 0 aromatic heterocycles. The van der Waals surface area contributed by atoms with E-state index in [1.807, 2.05) is 0 Å². The third-order valence-electron chi connectivity index (χ3n) is 3.78. The Labute approximate surface area is 127 Å². The minimum atomic E-state index is -0.379. The first-order chi connectivity index (χ1) is 9.47. The second-order valence-corrected chi connectivity index (χ2v) is 6.32. The number of anilines is 1. The van der Waals surface area contributed by atoms with Crippen molar-refractivity contribution in [2.45, 2.75) is 38.8 Å². The smallest absolute Gasteiger partial charge is 0.270 e. The highest BCUT2D eigenvalue weighted by Crippen LogP contribution is 2.29. The Balaban J connectivity index is 1.96. The summed E-state index contributed by atoms with van der Waals surface area (Å²) in [5.41, 5.74) is 1.04. The lowest BCUT2D eigenvalue weighted by molar-refractivity contribution is -0.384. The molecular formula is C14H20BrN3O2. The first kappa shape index (κ1) is 15.3. The van der Waals surface area contributed by atoms with Gasteiger partial charge in [-0.05, 0) is 48.7 Å². The molecule has 1 aliphatic heterocycles. The molecular weight excluding hydrogens is 322 g/mol. The number of non-ortho nitro benzene ring substituents is 1. The van der Waals surface area contributed by atoms with Crippen molar-refractivity contribution in [1.29, 1.82) is 0 Å². The normalized spacial score (nSPS) is 17.4. The van der Waals surface area contributed by atoms with Crippen molar-refractivity contribution in [3.05, 3.63) is 32.8 Å². The molecule has 0 amide bonds. The van der Waals surface area contributed by atoms with E-state index in [2.05, 4.69) is 40.0 Å². The molecule has 0 bridgehead atoms. The molecule has 2 rings (SSSR count). The van der Waals surface area contributed by atoms with Crippen molar-refractivity contribution in [2.24, 2.45) is 0 Å². The molecule has 0 spiro atoms. The van der Waals surface area contributed by atoms with Crippen molar-refractivity contribution in [2.75, 3.05) is 18.4 Å². The number of piperidine rings is 1. The van der Waals surface area contributed by atoms with Gasteiger partial charge in [0.05, 0.1) is 4.92 Å². The van der Waals surface area contributed by atoms with Crippen molar-refractivity contribution < 1.29 is 4.92 Å². The van der Waals surface area contributed by atoms with Gasteiger partial charge in [-0.25, -0.2) is 0 Å². The van der Waals surface area contributed by atoms with E-state index in [1.54, 1.807) is 12.1 Å². The van der Waals surface area contributed by atoms with Gasteiger partial charge in [0.2, 0.25) is 0 Å². The maximum absolute atomic E-state index is 10.7. The molecule has 6 heteroatoms. The summed E-state index contributed by atoms with van der Waals surface area (Å²) in [7, 11) is 0. The molecule has 1 fully saturated rings. The molecule has 0 saturated carbocycles. The van der Waals surface area contributed by atoms with Crippen LogP contribution in [-0.2, 0) is 0 Å². The van der Waals surface area contributed by atoms with Crippen LogP contribution in [0.15, 0.2) is 22.7 Å². The van der Waals surface area contributed by atoms with Crippen LogP contribution in [-0.4, -0.2) is 35.0 Å². The highest BCUT2D eigenvalue weighted by atomic mass is 79.9. The summed E-state index contributed by atoms with van der Waals surface area (Å²) in [6.07, 6.45) is 2.20. The lowest BCUT2D eigenvalue weighted by Crippen LogP contribution is -2.42. The Kier molecular flexibility index (Phi) is 4.99. The number of nitrogens with zero attached hydrogens (tertiary/aromatic N) is 2. The van der Waals surface area contributed by atoms with Crippen LogP contribution in [0.25, 0.3) is 0 Å². The Morgan fingerprint density at radius 1 is 1.40 bits per heavy atom. The number of halogens is 1. The predicted molar refractivity (Wildman–Crippen MR) is 84.2 cm³/mol. The quantitative estimate of drug-likeness (QED) is 0.670.